The minimum Gasteiger partial charge on any atom is -0.376 e. The van der Waals surface area contributed by atoms with Gasteiger partial charge in [0.15, 0.2) is 5.11 Å². The van der Waals surface area contributed by atoms with Crippen LogP contribution in [0.5, 0.6) is 0 Å². The molecular formula is C19H19BrClFN2OS. The van der Waals surface area contributed by atoms with Gasteiger partial charge in [0.2, 0.25) is 0 Å². The quantitative estimate of drug-likeness (QED) is 0.589. The third-order valence-corrected chi connectivity index (χ3v) is 5.48. The molecule has 2 aromatic rings. The number of ether oxygens (including phenoxy) is 1. The number of halogens is 3. The fourth-order valence-electron chi connectivity index (χ4n) is 2.86. The van der Waals surface area contributed by atoms with Crippen LogP contribution in [-0.2, 0) is 11.3 Å². The van der Waals surface area contributed by atoms with Gasteiger partial charge in [0.1, 0.15) is 5.82 Å². The zero-order chi connectivity index (χ0) is 18.5. The molecule has 0 aliphatic carbocycles. The maximum atomic E-state index is 14.2. The molecular weight excluding hydrogens is 439 g/mol. The second kappa shape index (κ2) is 9.13. The average molecular weight is 458 g/mol. The molecule has 0 amide bonds. The lowest BCUT2D eigenvalue weighted by Crippen LogP contribution is -2.39. The normalized spacial score (nSPS) is 16.5. The molecule has 0 spiro atoms. The number of anilines is 1. The first-order valence-electron chi connectivity index (χ1n) is 8.39. The van der Waals surface area contributed by atoms with Crippen LogP contribution in [-0.4, -0.2) is 29.3 Å². The van der Waals surface area contributed by atoms with Gasteiger partial charge in [0.25, 0.3) is 0 Å². The summed E-state index contributed by atoms with van der Waals surface area (Å²) in [7, 11) is 0. The number of hydrogen-bond acceptors (Lipinski definition) is 2. The van der Waals surface area contributed by atoms with Gasteiger partial charge in [-0.2, -0.15) is 0 Å². The number of nitrogens with zero attached hydrogens (tertiary/aromatic N) is 1. The Morgan fingerprint density at radius 1 is 1.31 bits per heavy atom. The largest absolute Gasteiger partial charge is 0.376 e. The van der Waals surface area contributed by atoms with E-state index in [1.54, 1.807) is 12.1 Å². The van der Waals surface area contributed by atoms with Crippen molar-refractivity contribution >= 4 is 50.5 Å². The van der Waals surface area contributed by atoms with Gasteiger partial charge in [-0.25, -0.2) is 4.39 Å². The Kier molecular flexibility index (Phi) is 6.86. The predicted molar refractivity (Wildman–Crippen MR) is 111 cm³/mol. The lowest BCUT2D eigenvalue weighted by atomic mass is 10.1. The molecule has 7 heteroatoms. The highest BCUT2D eigenvalue weighted by atomic mass is 79.9. The minimum atomic E-state index is -0.332. The van der Waals surface area contributed by atoms with Gasteiger partial charge in [-0.05, 0) is 61.5 Å². The van der Waals surface area contributed by atoms with E-state index < -0.39 is 0 Å². The predicted octanol–water partition coefficient (Wildman–Crippen LogP) is 5.62. The van der Waals surface area contributed by atoms with Crippen LogP contribution in [0.1, 0.15) is 18.4 Å². The maximum absolute atomic E-state index is 14.2. The van der Waals surface area contributed by atoms with E-state index in [1.165, 1.54) is 6.07 Å². The first-order chi connectivity index (χ1) is 12.5. The van der Waals surface area contributed by atoms with Gasteiger partial charge >= 0.3 is 0 Å². The fraction of sp³-hybridized carbons (Fsp3) is 0.316. The van der Waals surface area contributed by atoms with E-state index in [4.69, 9.17) is 28.6 Å². The number of nitrogens with one attached hydrogen (secondary N) is 1. The molecule has 0 radical (unpaired) electrons. The van der Waals surface area contributed by atoms with Crippen molar-refractivity contribution in [2.45, 2.75) is 25.5 Å². The van der Waals surface area contributed by atoms with Crippen LogP contribution in [0.25, 0.3) is 0 Å². The number of rotatable bonds is 5. The van der Waals surface area contributed by atoms with Crippen LogP contribution in [0, 0.1) is 5.82 Å². The maximum Gasteiger partial charge on any atom is 0.173 e. The van der Waals surface area contributed by atoms with Crippen LogP contribution in [0.2, 0.25) is 5.02 Å². The van der Waals surface area contributed by atoms with Crippen molar-refractivity contribution in [1.82, 2.24) is 4.90 Å². The van der Waals surface area contributed by atoms with Crippen LogP contribution in [0.15, 0.2) is 46.9 Å². The van der Waals surface area contributed by atoms with Crippen LogP contribution >= 0.6 is 39.7 Å². The van der Waals surface area contributed by atoms with E-state index in [1.807, 2.05) is 29.2 Å². The molecule has 1 saturated heterocycles. The first kappa shape index (κ1) is 19.5. The standard InChI is InChI=1S/C19H19BrClFN2OS/c20-13-6-8-14(9-7-13)23-19(26)24(11-15-3-2-10-25-15)12-16-17(21)4-1-5-18(16)22/h1,4-9,15H,2-3,10-12H2,(H,23,26). The molecule has 3 rings (SSSR count). The molecule has 1 unspecified atom stereocenters. The Hall–Kier alpha value is -1.21. The molecule has 1 fully saturated rings. The molecule has 1 aliphatic heterocycles. The zero-order valence-corrected chi connectivity index (χ0v) is 17.2. The van der Waals surface area contributed by atoms with Crippen LogP contribution in [0.3, 0.4) is 0 Å². The van der Waals surface area contributed by atoms with Crippen molar-refractivity contribution in [2.75, 3.05) is 18.5 Å². The monoisotopic (exact) mass is 456 g/mol. The highest BCUT2D eigenvalue weighted by Gasteiger charge is 2.23. The van der Waals surface area contributed by atoms with Crippen molar-refractivity contribution in [1.29, 1.82) is 0 Å². The van der Waals surface area contributed by atoms with Crippen molar-refractivity contribution in [2.24, 2.45) is 0 Å². The van der Waals surface area contributed by atoms with E-state index in [0.29, 0.717) is 22.2 Å². The zero-order valence-electron chi connectivity index (χ0n) is 14.1. The highest BCUT2D eigenvalue weighted by molar-refractivity contribution is 9.10. The van der Waals surface area contributed by atoms with Gasteiger partial charge in [0.05, 0.1) is 6.10 Å². The Morgan fingerprint density at radius 3 is 2.73 bits per heavy atom. The Morgan fingerprint density at radius 2 is 2.08 bits per heavy atom. The smallest absolute Gasteiger partial charge is 0.173 e. The van der Waals surface area contributed by atoms with Crippen LogP contribution in [0.4, 0.5) is 10.1 Å². The van der Waals surface area contributed by atoms with Gasteiger partial charge in [-0.3, -0.25) is 0 Å². The van der Waals surface area contributed by atoms with Crippen molar-refractivity contribution in [3.05, 3.63) is 63.3 Å². The van der Waals surface area contributed by atoms with E-state index in [-0.39, 0.29) is 18.5 Å². The lowest BCUT2D eigenvalue weighted by Gasteiger charge is -2.29. The summed E-state index contributed by atoms with van der Waals surface area (Å²) < 4.78 is 21.0. The Bertz CT molecular complexity index is 748. The second-order valence-corrected chi connectivity index (χ2v) is 7.86. The molecule has 1 heterocycles. The summed E-state index contributed by atoms with van der Waals surface area (Å²) in [4.78, 5) is 1.91. The lowest BCUT2D eigenvalue weighted by molar-refractivity contribution is 0.0903. The van der Waals surface area contributed by atoms with E-state index in [0.717, 1.165) is 29.6 Å². The SMILES string of the molecule is Fc1cccc(Cl)c1CN(CC1CCCO1)C(=S)Nc1ccc(Br)cc1. The van der Waals surface area contributed by atoms with Crippen LogP contribution < -0.4 is 5.32 Å². The summed E-state index contributed by atoms with van der Waals surface area (Å²) >= 11 is 15.2. The average Bonchev–Trinajstić information content (AvgIpc) is 3.12. The molecule has 3 nitrogen and oxygen atoms in total. The molecule has 1 atom stereocenters. The molecule has 0 aromatic heterocycles. The molecule has 0 saturated carbocycles. The van der Waals surface area contributed by atoms with Gasteiger partial charge in [0, 0.05) is 40.4 Å². The summed E-state index contributed by atoms with van der Waals surface area (Å²) in [5, 5.41) is 4.13. The Labute approximate surface area is 171 Å². The summed E-state index contributed by atoms with van der Waals surface area (Å²) in [6.45, 7) is 1.63. The molecule has 2 aromatic carbocycles. The topological polar surface area (TPSA) is 24.5 Å². The molecule has 138 valence electrons. The summed E-state index contributed by atoms with van der Waals surface area (Å²) in [6, 6.07) is 12.4. The minimum absolute atomic E-state index is 0.0882. The molecule has 1 N–H and O–H groups in total. The Balaban J connectivity index is 1.77. The van der Waals surface area contributed by atoms with Gasteiger partial charge < -0.3 is 15.0 Å². The van der Waals surface area contributed by atoms with Crippen molar-refractivity contribution < 1.29 is 9.13 Å². The molecule has 0 bridgehead atoms. The number of thiocarbonyl (C=S) groups is 1. The molecule has 1 aliphatic rings. The fourth-order valence-corrected chi connectivity index (χ4v) is 3.61. The van der Waals surface area contributed by atoms with Gasteiger partial charge in [-0.15, -0.1) is 0 Å². The summed E-state index contributed by atoms with van der Waals surface area (Å²) in [5.41, 5.74) is 1.31. The summed E-state index contributed by atoms with van der Waals surface area (Å²) in [5.74, 6) is -0.332. The van der Waals surface area contributed by atoms with E-state index in [9.17, 15) is 4.39 Å². The van der Waals surface area contributed by atoms with Crippen molar-refractivity contribution in [3.8, 4) is 0 Å². The number of benzene rings is 2. The van der Waals surface area contributed by atoms with Crippen molar-refractivity contribution in [3.63, 3.8) is 0 Å². The van der Waals surface area contributed by atoms with E-state index in [2.05, 4.69) is 21.2 Å². The first-order valence-corrected chi connectivity index (χ1v) is 9.97. The molecule has 26 heavy (non-hydrogen) atoms. The van der Waals surface area contributed by atoms with Gasteiger partial charge in [-0.1, -0.05) is 33.6 Å². The second-order valence-electron chi connectivity index (χ2n) is 6.15. The van der Waals surface area contributed by atoms with E-state index >= 15 is 0 Å². The number of hydrogen-bond donors (Lipinski definition) is 1. The summed E-state index contributed by atoms with van der Waals surface area (Å²) in [6.07, 6.45) is 2.10. The highest BCUT2D eigenvalue weighted by Crippen LogP contribution is 2.23. The third kappa shape index (κ3) is 5.16. The third-order valence-electron chi connectivity index (χ3n) is 4.24.